The molecule has 1 aliphatic rings. The van der Waals surface area contributed by atoms with E-state index in [1.807, 2.05) is 24.7 Å². The van der Waals surface area contributed by atoms with Crippen LogP contribution in [0, 0.1) is 5.92 Å². The third-order valence-corrected chi connectivity index (χ3v) is 3.58. The lowest BCUT2D eigenvalue weighted by molar-refractivity contribution is -0.126. The fourth-order valence-electron chi connectivity index (χ4n) is 2.43. The lowest BCUT2D eigenvalue weighted by atomic mass is 10.0. The van der Waals surface area contributed by atoms with Crippen molar-refractivity contribution in [3.63, 3.8) is 0 Å². The highest BCUT2D eigenvalue weighted by Crippen LogP contribution is 2.16. The van der Waals surface area contributed by atoms with Crippen LogP contribution in [-0.2, 0) is 9.59 Å². The van der Waals surface area contributed by atoms with Crippen LogP contribution < -0.4 is 16.0 Å². The number of anilines is 1. The van der Waals surface area contributed by atoms with Gasteiger partial charge in [0, 0.05) is 25.7 Å². The molecule has 7 nitrogen and oxygen atoms in total. The average molecular weight is 293 g/mol. The van der Waals surface area contributed by atoms with Crippen LogP contribution in [0.4, 0.5) is 5.82 Å². The quantitative estimate of drug-likeness (QED) is 0.738. The number of hydrogen-bond acceptors (Lipinski definition) is 4. The van der Waals surface area contributed by atoms with Gasteiger partial charge in [0.2, 0.25) is 11.8 Å². The maximum atomic E-state index is 12.2. The van der Waals surface area contributed by atoms with Crippen LogP contribution in [0.25, 0.3) is 0 Å². The van der Waals surface area contributed by atoms with Gasteiger partial charge in [0.05, 0.1) is 6.04 Å². The van der Waals surface area contributed by atoms with Crippen LogP contribution in [0.3, 0.4) is 0 Å². The third-order valence-electron chi connectivity index (χ3n) is 3.58. The van der Waals surface area contributed by atoms with Crippen LogP contribution in [0.1, 0.15) is 33.2 Å². The van der Waals surface area contributed by atoms with E-state index in [9.17, 15) is 9.59 Å². The summed E-state index contributed by atoms with van der Waals surface area (Å²) in [6.45, 7) is 7.08. The molecule has 0 aromatic carbocycles. The Labute approximate surface area is 124 Å². The lowest BCUT2D eigenvalue weighted by Gasteiger charge is -2.20. The Hall–Kier alpha value is -1.89. The number of amides is 2. The monoisotopic (exact) mass is 293 g/mol. The zero-order valence-electron chi connectivity index (χ0n) is 12.7. The molecule has 3 N–H and O–H groups in total. The van der Waals surface area contributed by atoms with E-state index in [1.54, 1.807) is 6.07 Å². The number of aromatic nitrogens is 2. The summed E-state index contributed by atoms with van der Waals surface area (Å²) in [6, 6.07) is 1.56. The van der Waals surface area contributed by atoms with E-state index in [1.165, 1.54) is 6.92 Å². The van der Waals surface area contributed by atoms with Gasteiger partial charge < -0.3 is 16.0 Å². The summed E-state index contributed by atoms with van der Waals surface area (Å²) in [5, 5.41) is 13.1. The molecule has 1 fully saturated rings. The van der Waals surface area contributed by atoms with E-state index < -0.39 is 6.04 Å². The summed E-state index contributed by atoms with van der Waals surface area (Å²) in [7, 11) is 0. The topological polar surface area (TPSA) is 88.0 Å². The Balaban J connectivity index is 1.99. The van der Waals surface area contributed by atoms with E-state index in [0.717, 1.165) is 19.5 Å². The molecule has 2 rings (SSSR count). The van der Waals surface area contributed by atoms with Gasteiger partial charge in [-0.05, 0) is 18.9 Å². The van der Waals surface area contributed by atoms with Crippen LogP contribution >= 0.6 is 0 Å². The lowest BCUT2D eigenvalue weighted by Crippen LogP contribution is -2.46. The Kier molecular flexibility index (Phi) is 4.95. The minimum atomic E-state index is -0.555. The van der Waals surface area contributed by atoms with Gasteiger partial charge in [0.1, 0.15) is 6.04 Å². The smallest absolute Gasteiger partial charge is 0.248 e. The first-order chi connectivity index (χ1) is 9.97. The Morgan fingerprint density at radius 1 is 1.48 bits per heavy atom. The number of hydrogen-bond donors (Lipinski definition) is 3. The van der Waals surface area contributed by atoms with Crippen LogP contribution in [0.5, 0.6) is 0 Å². The number of nitrogens with zero attached hydrogens (tertiary/aromatic N) is 2. The molecule has 0 unspecified atom stereocenters. The highest BCUT2D eigenvalue weighted by Gasteiger charge is 2.24. The van der Waals surface area contributed by atoms with Crippen LogP contribution in [0.2, 0.25) is 0 Å². The van der Waals surface area contributed by atoms with Gasteiger partial charge in [0.15, 0.2) is 5.82 Å². The third kappa shape index (κ3) is 4.04. The van der Waals surface area contributed by atoms with Crippen LogP contribution in [0.15, 0.2) is 12.3 Å². The van der Waals surface area contributed by atoms with E-state index >= 15 is 0 Å². The molecular formula is C14H23N5O2. The first-order valence-corrected chi connectivity index (χ1v) is 7.31. The molecule has 7 heteroatoms. The molecule has 2 amide bonds. The molecule has 0 radical (unpaired) electrons. The van der Waals surface area contributed by atoms with E-state index in [2.05, 4.69) is 21.0 Å². The van der Waals surface area contributed by atoms with Gasteiger partial charge in [0.25, 0.3) is 0 Å². The molecule has 116 valence electrons. The summed E-state index contributed by atoms with van der Waals surface area (Å²) in [5.74, 6) is 0.0688. The molecule has 1 saturated heterocycles. The van der Waals surface area contributed by atoms with Crippen molar-refractivity contribution in [2.24, 2.45) is 5.92 Å². The number of nitrogens with one attached hydrogen (secondary N) is 3. The summed E-state index contributed by atoms with van der Waals surface area (Å²) in [6.07, 6.45) is 2.91. The summed E-state index contributed by atoms with van der Waals surface area (Å²) < 4.78 is 1.87. The second-order valence-corrected chi connectivity index (χ2v) is 5.74. The maximum absolute atomic E-state index is 12.2. The van der Waals surface area contributed by atoms with Gasteiger partial charge in [-0.1, -0.05) is 13.8 Å². The van der Waals surface area contributed by atoms with Gasteiger partial charge in [-0.2, -0.15) is 5.10 Å². The number of rotatable bonds is 5. The SMILES string of the molecule is CC(=O)N[C@@H](C(=O)Nc1ccn([C@@H]2CCNC2)n1)C(C)C. The van der Waals surface area contributed by atoms with Crippen molar-refractivity contribution in [1.82, 2.24) is 20.4 Å². The molecule has 0 bridgehead atoms. The van der Waals surface area contributed by atoms with Crippen molar-refractivity contribution >= 4 is 17.6 Å². The largest absolute Gasteiger partial charge is 0.344 e. The summed E-state index contributed by atoms with van der Waals surface area (Å²) in [4.78, 5) is 23.4. The zero-order chi connectivity index (χ0) is 15.4. The standard InChI is InChI=1S/C14H23N5O2/c1-9(2)13(16-10(3)20)14(21)17-12-5-7-19(18-12)11-4-6-15-8-11/h5,7,9,11,13,15H,4,6,8H2,1-3H3,(H,16,20)(H,17,18,21)/t11-,13-/m1/s1. The minimum absolute atomic E-state index is 0.00928. The van der Waals surface area contributed by atoms with E-state index in [-0.39, 0.29) is 17.7 Å². The normalized spacial score (nSPS) is 19.5. The zero-order valence-corrected chi connectivity index (χ0v) is 12.7. The molecule has 0 aliphatic carbocycles. The van der Waals surface area contributed by atoms with Crippen molar-refractivity contribution in [3.05, 3.63) is 12.3 Å². The fourth-order valence-corrected chi connectivity index (χ4v) is 2.43. The fraction of sp³-hybridized carbons (Fsp3) is 0.643. The van der Waals surface area contributed by atoms with E-state index in [0.29, 0.717) is 11.9 Å². The van der Waals surface area contributed by atoms with Crippen molar-refractivity contribution in [3.8, 4) is 0 Å². The summed E-state index contributed by atoms with van der Waals surface area (Å²) in [5.41, 5.74) is 0. The Bertz CT molecular complexity index is 505. The number of carbonyl (C=O) groups is 2. The molecule has 0 saturated carbocycles. The molecular weight excluding hydrogens is 270 g/mol. The van der Waals surface area contributed by atoms with E-state index in [4.69, 9.17) is 0 Å². The Morgan fingerprint density at radius 2 is 2.24 bits per heavy atom. The second-order valence-electron chi connectivity index (χ2n) is 5.74. The molecule has 1 aromatic rings. The Morgan fingerprint density at radius 3 is 2.81 bits per heavy atom. The van der Waals surface area contributed by atoms with Gasteiger partial charge in [-0.25, -0.2) is 0 Å². The first kappa shape index (κ1) is 15.5. The van der Waals surface area contributed by atoms with Gasteiger partial charge in [-0.15, -0.1) is 0 Å². The molecule has 2 atom stereocenters. The number of carbonyl (C=O) groups excluding carboxylic acids is 2. The van der Waals surface area contributed by atoms with Crippen molar-refractivity contribution in [2.45, 2.75) is 39.3 Å². The predicted molar refractivity (Wildman–Crippen MR) is 79.8 cm³/mol. The molecule has 2 heterocycles. The first-order valence-electron chi connectivity index (χ1n) is 7.31. The molecule has 21 heavy (non-hydrogen) atoms. The minimum Gasteiger partial charge on any atom is -0.344 e. The van der Waals surface area contributed by atoms with Crippen LogP contribution in [-0.4, -0.2) is 40.7 Å². The maximum Gasteiger partial charge on any atom is 0.248 e. The van der Waals surface area contributed by atoms with Gasteiger partial charge >= 0.3 is 0 Å². The van der Waals surface area contributed by atoms with Crippen molar-refractivity contribution in [1.29, 1.82) is 0 Å². The second kappa shape index (κ2) is 6.71. The van der Waals surface area contributed by atoms with Crippen molar-refractivity contribution in [2.75, 3.05) is 18.4 Å². The van der Waals surface area contributed by atoms with Gasteiger partial charge in [-0.3, -0.25) is 14.3 Å². The summed E-state index contributed by atoms with van der Waals surface area (Å²) >= 11 is 0. The highest BCUT2D eigenvalue weighted by atomic mass is 16.2. The molecule has 1 aromatic heterocycles. The molecule has 0 spiro atoms. The highest BCUT2D eigenvalue weighted by molar-refractivity contribution is 5.96. The average Bonchev–Trinajstić information content (AvgIpc) is 3.05. The molecule has 1 aliphatic heterocycles. The predicted octanol–water partition coefficient (Wildman–Crippen LogP) is 0.517. The van der Waals surface area contributed by atoms with Crippen molar-refractivity contribution < 1.29 is 9.59 Å².